The van der Waals surface area contributed by atoms with Gasteiger partial charge in [0.2, 0.25) is 5.91 Å². The standard InChI is InChI=1S/C28H35N3O7/c1-15(2)25-21(33)13-16(3)22(31-27(36)23-20(32)11-8-12-29-23)26(35)30-19(14-18-9-6-5-7-10-18)24(34)17(4)28(37)38-25/h5-12,15-17,19,22,24-25,32,34H,13-14H2,1-4H3,(H,30,35)(H,31,36)/t16-,17+,19-,22-,24-,25?/m0/s1. The average Bonchev–Trinajstić information content (AvgIpc) is 2.88. The van der Waals surface area contributed by atoms with Gasteiger partial charge in [-0.15, -0.1) is 0 Å². The van der Waals surface area contributed by atoms with Crippen LogP contribution in [0.1, 0.15) is 50.2 Å². The lowest BCUT2D eigenvalue weighted by Crippen LogP contribution is -2.57. The minimum absolute atomic E-state index is 0.164. The van der Waals surface area contributed by atoms with Crippen LogP contribution in [0.15, 0.2) is 48.7 Å². The SMILES string of the molecule is CC(C)C1OC(=O)[C@H](C)[C@H](O)[C@H](Cc2ccccc2)NC(=O)[C@@H](NC(=O)c2ncccc2O)[C@@H](C)CC1=O. The zero-order chi connectivity index (χ0) is 28.0. The van der Waals surface area contributed by atoms with E-state index >= 15 is 0 Å². The summed E-state index contributed by atoms with van der Waals surface area (Å²) in [5.74, 6) is -5.06. The van der Waals surface area contributed by atoms with Crippen molar-refractivity contribution < 1.29 is 34.1 Å². The third-order valence-corrected chi connectivity index (χ3v) is 6.75. The van der Waals surface area contributed by atoms with Crippen LogP contribution in [-0.2, 0) is 25.5 Å². The zero-order valence-electron chi connectivity index (χ0n) is 22.0. The normalized spacial score (nSPS) is 27.1. The quantitative estimate of drug-likeness (QED) is 0.431. The van der Waals surface area contributed by atoms with Crippen LogP contribution in [0, 0.1) is 17.8 Å². The fraction of sp³-hybridized carbons (Fsp3) is 0.464. The van der Waals surface area contributed by atoms with Crippen LogP contribution in [0.25, 0.3) is 0 Å². The molecule has 1 aromatic carbocycles. The van der Waals surface area contributed by atoms with Crippen molar-refractivity contribution in [3.05, 3.63) is 59.9 Å². The van der Waals surface area contributed by atoms with Crippen LogP contribution in [-0.4, -0.2) is 63.1 Å². The minimum atomic E-state index is -1.35. The van der Waals surface area contributed by atoms with Crippen molar-refractivity contribution in [2.75, 3.05) is 0 Å². The first-order valence-corrected chi connectivity index (χ1v) is 12.7. The second kappa shape index (κ2) is 12.6. The Labute approximate surface area is 221 Å². The fourth-order valence-corrected chi connectivity index (χ4v) is 4.49. The van der Waals surface area contributed by atoms with E-state index in [1.54, 1.807) is 20.8 Å². The number of rotatable bonds is 5. The predicted molar refractivity (Wildman–Crippen MR) is 138 cm³/mol. The topological polar surface area (TPSA) is 155 Å². The Bertz CT molecular complexity index is 1150. The molecule has 6 atom stereocenters. The van der Waals surface area contributed by atoms with Gasteiger partial charge in [-0.3, -0.25) is 19.2 Å². The highest BCUT2D eigenvalue weighted by Gasteiger charge is 2.39. The number of hydrogen-bond acceptors (Lipinski definition) is 8. The number of nitrogens with zero attached hydrogens (tertiary/aromatic N) is 1. The summed E-state index contributed by atoms with van der Waals surface area (Å²) in [6.07, 6.45) is -1.05. The van der Waals surface area contributed by atoms with Crippen molar-refractivity contribution in [3.63, 3.8) is 0 Å². The molecule has 1 aromatic heterocycles. The van der Waals surface area contributed by atoms with Crippen molar-refractivity contribution in [2.24, 2.45) is 17.8 Å². The Kier molecular flexibility index (Phi) is 9.57. The summed E-state index contributed by atoms with van der Waals surface area (Å²) in [4.78, 5) is 56.5. The largest absolute Gasteiger partial charge is 0.505 e. The molecule has 3 rings (SSSR count). The van der Waals surface area contributed by atoms with Crippen LogP contribution in [0.4, 0.5) is 0 Å². The van der Waals surface area contributed by atoms with Crippen molar-refractivity contribution in [2.45, 2.75) is 64.8 Å². The first-order valence-electron chi connectivity index (χ1n) is 12.7. The molecule has 10 nitrogen and oxygen atoms in total. The number of aromatic hydroxyl groups is 1. The summed E-state index contributed by atoms with van der Waals surface area (Å²) >= 11 is 0. The van der Waals surface area contributed by atoms with Gasteiger partial charge in [0.25, 0.3) is 5.91 Å². The number of Topliss-reactive ketones (excluding diaryl/α,β-unsaturated/α-hetero) is 1. The average molecular weight is 526 g/mol. The maximum Gasteiger partial charge on any atom is 0.312 e. The Hall–Kier alpha value is -3.79. The van der Waals surface area contributed by atoms with E-state index in [0.29, 0.717) is 0 Å². The summed E-state index contributed by atoms with van der Waals surface area (Å²) < 4.78 is 5.56. The van der Waals surface area contributed by atoms with Crippen molar-refractivity contribution in [1.82, 2.24) is 15.6 Å². The highest BCUT2D eigenvalue weighted by molar-refractivity contribution is 5.98. The van der Waals surface area contributed by atoms with Gasteiger partial charge in [0.05, 0.1) is 18.1 Å². The van der Waals surface area contributed by atoms with Crippen molar-refractivity contribution >= 4 is 23.6 Å². The molecule has 2 aromatic rings. The maximum absolute atomic E-state index is 13.6. The van der Waals surface area contributed by atoms with E-state index in [2.05, 4.69) is 15.6 Å². The molecule has 2 amide bonds. The molecule has 0 aliphatic carbocycles. The molecule has 38 heavy (non-hydrogen) atoms. The lowest BCUT2D eigenvalue weighted by molar-refractivity contribution is -0.166. The molecule has 204 valence electrons. The van der Waals surface area contributed by atoms with Gasteiger partial charge in [-0.1, -0.05) is 51.1 Å². The molecular weight excluding hydrogens is 490 g/mol. The first-order chi connectivity index (χ1) is 18.0. The number of cyclic esters (lactones) is 1. The van der Waals surface area contributed by atoms with E-state index in [4.69, 9.17) is 4.74 Å². The highest BCUT2D eigenvalue weighted by Crippen LogP contribution is 2.23. The molecule has 0 saturated carbocycles. The molecule has 4 N–H and O–H groups in total. The van der Waals surface area contributed by atoms with E-state index in [9.17, 15) is 29.4 Å². The van der Waals surface area contributed by atoms with Crippen LogP contribution in [0.3, 0.4) is 0 Å². The number of hydrogen-bond donors (Lipinski definition) is 4. The molecule has 2 heterocycles. The summed E-state index contributed by atoms with van der Waals surface area (Å²) in [5.41, 5.74) is 0.542. The summed E-state index contributed by atoms with van der Waals surface area (Å²) in [7, 11) is 0. The molecule has 1 saturated heterocycles. The fourth-order valence-electron chi connectivity index (χ4n) is 4.49. The molecule has 1 fully saturated rings. The van der Waals surface area contributed by atoms with Gasteiger partial charge in [-0.05, 0) is 42.9 Å². The highest BCUT2D eigenvalue weighted by atomic mass is 16.5. The van der Waals surface area contributed by atoms with Crippen LogP contribution < -0.4 is 10.6 Å². The number of ketones is 1. The molecular formula is C28H35N3O7. The maximum atomic E-state index is 13.6. The number of pyridine rings is 1. The summed E-state index contributed by atoms with van der Waals surface area (Å²) in [5, 5.41) is 26.6. The molecule has 0 spiro atoms. The Morgan fingerprint density at radius 2 is 1.82 bits per heavy atom. The van der Waals surface area contributed by atoms with E-state index < -0.39 is 59.7 Å². The zero-order valence-corrected chi connectivity index (χ0v) is 22.0. The number of esters is 1. The van der Waals surface area contributed by atoms with E-state index in [-0.39, 0.29) is 30.2 Å². The molecule has 1 unspecified atom stereocenters. The monoisotopic (exact) mass is 525 g/mol. The molecule has 1 aliphatic heterocycles. The van der Waals surface area contributed by atoms with Crippen LogP contribution in [0.5, 0.6) is 5.75 Å². The van der Waals surface area contributed by atoms with E-state index in [0.717, 1.165) is 5.56 Å². The molecule has 1 aliphatic rings. The van der Waals surface area contributed by atoms with E-state index in [1.807, 2.05) is 30.3 Å². The Morgan fingerprint density at radius 3 is 2.45 bits per heavy atom. The lowest BCUT2D eigenvalue weighted by atomic mass is 9.88. The number of carbonyl (C=O) groups excluding carboxylic acids is 4. The number of aliphatic hydroxyl groups excluding tert-OH is 1. The number of aromatic nitrogens is 1. The van der Waals surface area contributed by atoms with Crippen LogP contribution >= 0.6 is 0 Å². The van der Waals surface area contributed by atoms with Crippen molar-refractivity contribution in [3.8, 4) is 5.75 Å². The number of nitrogens with one attached hydrogen (secondary N) is 2. The van der Waals surface area contributed by atoms with Gasteiger partial charge >= 0.3 is 5.97 Å². The van der Waals surface area contributed by atoms with Crippen molar-refractivity contribution in [1.29, 1.82) is 0 Å². The van der Waals surface area contributed by atoms with Gasteiger partial charge in [-0.2, -0.15) is 0 Å². The Balaban J connectivity index is 1.99. The molecule has 10 heteroatoms. The summed E-state index contributed by atoms with van der Waals surface area (Å²) in [6.45, 7) is 6.58. The van der Waals surface area contributed by atoms with Gasteiger partial charge in [0, 0.05) is 12.6 Å². The molecule has 0 bridgehead atoms. The third kappa shape index (κ3) is 6.95. The number of amides is 2. The molecule has 0 radical (unpaired) electrons. The van der Waals surface area contributed by atoms with Crippen LogP contribution in [0.2, 0.25) is 0 Å². The van der Waals surface area contributed by atoms with Gasteiger partial charge < -0.3 is 25.6 Å². The lowest BCUT2D eigenvalue weighted by Gasteiger charge is -2.33. The smallest absolute Gasteiger partial charge is 0.312 e. The second-order valence-electron chi connectivity index (χ2n) is 10.2. The number of carbonyl (C=O) groups is 4. The second-order valence-corrected chi connectivity index (χ2v) is 10.2. The summed E-state index contributed by atoms with van der Waals surface area (Å²) in [6, 6.07) is 9.77. The Morgan fingerprint density at radius 1 is 1.13 bits per heavy atom. The van der Waals surface area contributed by atoms with E-state index in [1.165, 1.54) is 25.3 Å². The predicted octanol–water partition coefficient (Wildman–Crippen LogP) is 1.79. The first kappa shape index (κ1) is 28.8. The number of aliphatic hydroxyl groups is 1. The van der Waals surface area contributed by atoms with Gasteiger partial charge in [-0.25, -0.2) is 4.98 Å². The van der Waals surface area contributed by atoms with Gasteiger partial charge in [0.15, 0.2) is 17.6 Å². The third-order valence-electron chi connectivity index (χ3n) is 6.75. The minimum Gasteiger partial charge on any atom is -0.505 e. The number of ether oxygens (including phenoxy) is 1. The number of benzene rings is 1. The van der Waals surface area contributed by atoms with Gasteiger partial charge in [0.1, 0.15) is 11.8 Å².